The predicted molar refractivity (Wildman–Crippen MR) is 139 cm³/mol. The van der Waals surface area contributed by atoms with Crippen molar-refractivity contribution in [2.75, 3.05) is 11.5 Å². The number of carbonyl (C=O) groups excluding carboxylic acids is 3. The topological polar surface area (TPSA) is 75.7 Å². The molecule has 1 saturated heterocycles. The molecule has 1 aliphatic heterocycles. The predicted octanol–water partition coefficient (Wildman–Crippen LogP) is 5.72. The third-order valence-electron chi connectivity index (χ3n) is 5.59. The first-order chi connectivity index (χ1) is 16.7. The molecule has 1 N–H and O–H groups in total. The maximum Gasteiger partial charge on any atom is 0.335 e. The second-order valence-corrected chi connectivity index (χ2v) is 9.32. The Bertz CT molecular complexity index is 1330. The van der Waals surface area contributed by atoms with Gasteiger partial charge in [0.05, 0.1) is 12.3 Å². The summed E-state index contributed by atoms with van der Waals surface area (Å²) in [6.45, 7) is 6.48. The molecule has 4 amide bonds. The molecular weight excluding hydrogens is 508 g/mol. The van der Waals surface area contributed by atoms with Gasteiger partial charge in [0, 0.05) is 4.47 Å². The molecule has 1 fully saturated rings. The van der Waals surface area contributed by atoms with Gasteiger partial charge in [-0.1, -0.05) is 51.3 Å². The molecule has 0 unspecified atom stereocenters. The van der Waals surface area contributed by atoms with Gasteiger partial charge in [-0.15, -0.1) is 0 Å². The summed E-state index contributed by atoms with van der Waals surface area (Å²) in [6, 6.07) is 17.9. The van der Waals surface area contributed by atoms with Crippen molar-refractivity contribution in [3.8, 4) is 5.75 Å². The van der Waals surface area contributed by atoms with Gasteiger partial charge >= 0.3 is 6.03 Å². The van der Waals surface area contributed by atoms with Crippen LogP contribution in [-0.4, -0.2) is 24.5 Å². The van der Waals surface area contributed by atoms with Gasteiger partial charge in [-0.3, -0.25) is 14.9 Å². The second kappa shape index (κ2) is 10.3. The van der Waals surface area contributed by atoms with E-state index in [-0.39, 0.29) is 5.57 Å². The Morgan fingerprint density at radius 2 is 1.63 bits per heavy atom. The Hall–Kier alpha value is -3.71. The third kappa shape index (κ3) is 5.52. The van der Waals surface area contributed by atoms with Crippen LogP contribution in [0.15, 0.2) is 70.7 Å². The molecule has 0 aromatic heterocycles. The van der Waals surface area contributed by atoms with Crippen molar-refractivity contribution in [3.63, 3.8) is 0 Å². The zero-order valence-corrected chi connectivity index (χ0v) is 21.3. The first-order valence-corrected chi connectivity index (χ1v) is 12.0. The lowest BCUT2D eigenvalue weighted by Gasteiger charge is -2.26. The molecule has 3 aromatic rings. The molecule has 1 heterocycles. The van der Waals surface area contributed by atoms with Crippen molar-refractivity contribution in [1.29, 1.82) is 0 Å². The van der Waals surface area contributed by atoms with Gasteiger partial charge in [0.25, 0.3) is 11.8 Å². The number of rotatable bonds is 6. The number of ether oxygens (including phenoxy) is 1. The van der Waals surface area contributed by atoms with E-state index < -0.39 is 17.8 Å². The monoisotopic (exact) mass is 532 g/mol. The van der Waals surface area contributed by atoms with E-state index in [1.54, 1.807) is 30.3 Å². The van der Waals surface area contributed by atoms with Crippen molar-refractivity contribution in [2.24, 2.45) is 0 Å². The molecule has 35 heavy (non-hydrogen) atoms. The van der Waals surface area contributed by atoms with Crippen molar-refractivity contribution < 1.29 is 19.1 Å². The minimum atomic E-state index is -0.786. The average Bonchev–Trinajstić information content (AvgIpc) is 2.79. The molecule has 0 saturated carbocycles. The lowest BCUT2D eigenvalue weighted by Crippen LogP contribution is -2.54. The number of imide groups is 2. The lowest BCUT2D eigenvalue weighted by molar-refractivity contribution is -0.122. The number of barbiturate groups is 1. The number of anilines is 1. The zero-order valence-electron chi connectivity index (χ0n) is 19.7. The molecule has 7 heteroatoms. The number of nitrogens with zero attached hydrogens (tertiary/aromatic N) is 1. The number of amides is 4. The molecule has 0 atom stereocenters. The Balaban J connectivity index is 1.71. The number of benzene rings is 3. The summed E-state index contributed by atoms with van der Waals surface area (Å²) in [5.41, 5.74) is 5.38. The Kier molecular flexibility index (Phi) is 7.17. The molecule has 6 nitrogen and oxygen atoms in total. The van der Waals surface area contributed by atoms with Crippen molar-refractivity contribution in [3.05, 3.63) is 98.5 Å². The van der Waals surface area contributed by atoms with Crippen LogP contribution in [0.2, 0.25) is 0 Å². The van der Waals surface area contributed by atoms with Crippen molar-refractivity contribution in [2.45, 2.75) is 27.2 Å². The van der Waals surface area contributed by atoms with Crippen LogP contribution < -0.4 is 15.0 Å². The Morgan fingerprint density at radius 3 is 2.29 bits per heavy atom. The Morgan fingerprint density at radius 1 is 0.943 bits per heavy atom. The van der Waals surface area contributed by atoms with Crippen LogP contribution in [0.25, 0.3) is 6.08 Å². The smallest absolute Gasteiger partial charge is 0.335 e. The zero-order chi connectivity index (χ0) is 25.1. The first-order valence-electron chi connectivity index (χ1n) is 11.2. The molecule has 0 bridgehead atoms. The average molecular weight is 533 g/mol. The fourth-order valence-corrected chi connectivity index (χ4v) is 4.54. The molecule has 0 aliphatic carbocycles. The maximum absolute atomic E-state index is 13.3. The summed E-state index contributed by atoms with van der Waals surface area (Å²) in [5.74, 6) is -0.780. The van der Waals surface area contributed by atoms with Crippen LogP contribution in [0.1, 0.15) is 34.7 Å². The van der Waals surface area contributed by atoms with Crippen LogP contribution in [-0.2, 0) is 16.0 Å². The van der Waals surface area contributed by atoms with Crippen LogP contribution in [0.4, 0.5) is 10.5 Å². The molecule has 178 valence electrons. The number of hydrogen-bond donors (Lipinski definition) is 1. The van der Waals surface area contributed by atoms with Crippen molar-refractivity contribution >= 4 is 45.5 Å². The fourth-order valence-electron chi connectivity index (χ4n) is 4.16. The minimum Gasteiger partial charge on any atom is -0.494 e. The highest BCUT2D eigenvalue weighted by atomic mass is 79.9. The van der Waals surface area contributed by atoms with Crippen LogP contribution in [0, 0.1) is 13.8 Å². The molecule has 1 aliphatic rings. The SMILES string of the molecule is CCOc1ccc(N2C(=O)NC(=O)/C(=C\c3cc(Br)ccc3Cc3cc(C)cc(C)c3)C2=O)cc1. The van der Waals surface area contributed by atoms with Gasteiger partial charge in [-0.05, 0) is 86.4 Å². The van der Waals surface area contributed by atoms with E-state index in [0.717, 1.165) is 26.1 Å². The standard InChI is InChI=1S/C28H25BrN2O4/c1-4-35-24-9-7-23(8-10-24)31-27(33)25(26(32)30-28(31)34)16-21-15-22(29)6-5-20(21)14-19-12-17(2)11-18(3)13-19/h5-13,15-16H,4,14H2,1-3H3,(H,30,32,34)/b25-16+. The molecule has 0 radical (unpaired) electrons. The number of halogens is 1. The summed E-state index contributed by atoms with van der Waals surface area (Å²) in [6.07, 6.45) is 2.18. The van der Waals surface area contributed by atoms with E-state index in [1.807, 2.05) is 25.1 Å². The third-order valence-corrected chi connectivity index (χ3v) is 6.08. The number of aryl methyl sites for hydroxylation is 2. The highest BCUT2D eigenvalue weighted by Crippen LogP contribution is 2.27. The van der Waals surface area contributed by atoms with Gasteiger partial charge < -0.3 is 4.74 Å². The van der Waals surface area contributed by atoms with E-state index >= 15 is 0 Å². The number of hydrogen-bond acceptors (Lipinski definition) is 4. The van der Waals surface area contributed by atoms with Gasteiger partial charge in [-0.2, -0.15) is 0 Å². The highest BCUT2D eigenvalue weighted by molar-refractivity contribution is 9.10. The summed E-state index contributed by atoms with van der Waals surface area (Å²) in [4.78, 5) is 39.6. The second-order valence-electron chi connectivity index (χ2n) is 8.40. The van der Waals surface area contributed by atoms with E-state index in [4.69, 9.17) is 4.74 Å². The van der Waals surface area contributed by atoms with Gasteiger partial charge in [0.15, 0.2) is 0 Å². The summed E-state index contributed by atoms with van der Waals surface area (Å²) in [7, 11) is 0. The van der Waals surface area contributed by atoms with Crippen LogP contribution in [0.3, 0.4) is 0 Å². The van der Waals surface area contributed by atoms with E-state index in [9.17, 15) is 14.4 Å². The Labute approximate surface area is 212 Å². The largest absolute Gasteiger partial charge is 0.494 e. The summed E-state index contributed by atoms with van der Waals surface area (Å²) < 4.78 is 6.25. The highest BCUT2D eigenvalue weighted by Gasteiger charge is 2.37. The maximum atomic E-state index is 13.3. The molecule has 0 spiro atoms. The van der Waals surface area contributed by atoms with Crippen molar-refractivity contribution in [1.82, 2.24) is 5.32 Å². The lowest BCUT2D eigenvalue weighted by atomic mass is 9.95. The van der Waals surface area contributed by atoms with Crippen LogP contribution >= 0.6 is 15.9 Å². The molecular formula is C28H25BrN2O4. The normalized spacial score (nSPS) is 14.9. The van der Waals surface area contributed by atoms with E-state index in [1.165, 1.54) is 11.1 Å². The van der Waals surface area contributed by atoms with E-state index in [2.05, 4.69) is 53.3 Å². The number of nitrogens with one attached hydrogen (secondary N) is 1. The van der Waals surface area contributed by atoms with Gasteiger partial charge in [0.1, 0.15) is 11.3 Å². The number of carbonyl (C=O) groups is 3. The van der Waals surface area contributed by atoms with Gasteiger partial charge in [-0.25, -0.2) is 9.69 Å². The molecule has 4 rings (SSSR count). The summed E-state index contributed by atoms with van der Waals surface area (Å²) >= 11 is 3.49. The number of urea groups is 1. The summed E-state index contributed by atoms with van der Waals surface area (Å²) in [5, 5.41) is 2.28. The van der Waals surface area contributed by atoms with Gasteiger partial charge in [0.2, 0.25) is 0 Å². The van der Waals surface area contributed by atoms with Crippen LogP contribution in [0.5, 0.6) is 5.75 Å². The first kappa shape index (κ1) is 24.4. The minimum absolute atomic E-state index is 0.113. The fraction of sp³-hybridized carbons (Fsp3) is 0.179. The van der Waals surface area contributed by atoms with E-state index in [0.29, 0.717) is 24.5 Å². The quantitative estimate of drug-likeness (QED) is 0.325. The molecule has 3 aromatic carbocycles.